The number of anilines is 1. The fraction of sp³-hybridized carbons (Fsp3) is 0.429. The smallest absolute Gasteiger partial charge is 0.240 e. The van der Waals surface area contributed by atoms with Gasteiger partial charge in [0.05, 0.1) is 17.0 Å². The summed E-state index contributed by atoms with van der Waals surface area (Å²) in [5.41, 5.74) is 1.88. The number of benzene rings is 1. The van der Waals surface area contributed by atoms with Gasteiger partial charge in [-0.15, -0.1) is 18.3 Å². The Bertz CT molecular complexity index is 606. The highest BCUT2D eigenvalue weighted by atomic mass is 32.2. The van der Waals surface area contributed by atoms with Crippen molar-refractivity contribution in [3.8, 4) is 0 Å². The first-order valence-corrected chi connectivity index (χ1v) is 8.80. The molecule has 0 unspecified atom stereocenters. The Morgan fingerprint density at radius 2 is 2.16 bits per heavy atom. The Hall–Kier alpha value is -0.940. The highest BCUT2D eigenvalue weighted by molar-refractivity contribution is 7.98. The maximum Gasteiger partial charge on any atom is 0.240 e. The average Bonchev–Trinajstić information content (AvgIpc) is 2.34. The summed E-state index contributed by atoms with van der Waals surface area (Å²) in [7, 11) is -3.34. The largest absolute Gasteiger partial charge is 0.266 e. The van der Waals surface area contributed by atoms with E-state index in [-0.39, 0.29) is 0 Å². The molecule has 5 heteroatoms. The molecule has 0 amide bonds. The lowest BCUT2D eigenvalue weighted by Crippen LogP contribution is -2.50. The number of thioether (sulfide) groups is 1. The molecule has 1 aliphatic rings. The molecule has 104 valence electrons. The quantitative estimate of drug-likeness (QED) is 0.635. The summed E-state index contributed by atoms with van der Waals surface area (Å²) in [6, 6.07) is 5.96. The molecule has 2 rings (SSSR count). The van der Waals surface area contributed by atoms with Crippen LogP contribution in [0, 0.1) is 0 Å². The zero-order chi connectivity index (χ0) is 14.3. The van der Waals surface area contributed by atoms with Gasteiger partial charge in [0.2, 0.25) is 10.0 Å². The van der Waals surface area contributed by atoms with Crippen molar-refractivity contribution >= 4 is 27.5 Å². The molecule has 0 fully saturated rings. The van der Waals surface area contributed by atoms with E-state index in [0.29, 0.717) is 13.0 Å². The van der Waals surface area contributed by atoms with Crippen LogP contribution in [0.4, 0.5) is 5.69 Å². The topological polar surface area (TPSA) is 37.4 Å². The van der Waals surface area contributed by atoms with Gasteiger partial charge in [0, 0.05) is 4.90 Å². The molecule has 0 aliphatic carbocycles. The van der Waals surface area contributed by atoms with E-state index in [1.165, 1.54) is 4.31 Å². The lowest BCUT2D eigenvalue weighted by Gasteiger charge is -2.39. The van der Waals surface area contributed by atoms with Crippen molar-refractivity contribution in [2.24, 2.45) is 0 Å². The first-order valence-electron chi connectivity index (χ1n) is 6.13. The maximum absolute atomic E-state index is 12.6. The van der Waals surface area contributed by atoms with Gasteiger partial charge in [0.25, 0.3) is 0 Å². The van der Waals surface area contributed by atoms with Crippen LogP contribution in [0.5, 0.6) is 0 Å². The second kappa shape index (κ2) is 4.87. The number of rotatable bonds is 3. The van der Waals surface area contributed by atoms with Crippen molar-refractivity contribution in [1.82, 2.24) is 0 Å². The number of hydrogen-bond donors (Lipinski definition) is 0. The molecule has 0 saturated carbocycles. The van der Waals surface area contributed by atoms with Crippen LogP contribution in [-0.4, -0.2) is 26.0 Å². The first-order chi connectivity index (χ1) is 8.83. The molecule has 1 aromatic rings. The Labute approximate surface area is 119 Å². The van der Waals surface area contributed by atoms with Crippen LogP contribution >= 0.6 is 11.8 Å². The number of nitrogens with zero attached hydrogens (tertiary/aromatic N) is 1. The van der Waals surface area contributed by atoms with Gasteiger partial charge in [-0.25, -0.2) is 8.42 Å². The lowest BCUT2D eigenvalue weighted by atomic mass is 10.00. The summed E-state index contributed by atoms with van der Waals surface area (Å²) >= 11 is 1.67. The average molecular weight is 297 g/mol. The Balaban J connectivity index is 2.63. The molecule has 19 heavy (non-hydrogen) atoms. The van der Waals surface area contributed by atoms with Crippen molar-refractivity contribution in [2.45, 2.75) is 29.9 Å². The van der Waals surface area contributed by atoms with Crippen LogP contribution in [0.1, 0.15) is 19.4 Å². The van der Waals surface area contributed by atoms with Crippen LogP contribution in [0.25, 0.3) is 0 Å². The SMILES string of the molecule is C=CCN1c2ccc(SC)cc2CC(C)(C)S1(=O)=O. The monoisotopic (exact) mass is 297 g/mol. The van der Waals surface area contributed by atoms with Gasteiger partial charge in [0.1, 0.15) is 0 Å². The van der Waals surface area contributed by atoms with E-state index < -0.39 is 14.8 Å². The van der Waals surface area contributed by atoms with Crippen molar-refractivity contribution in [1.29, 1.82) is 0 Å². The van der Waals surface area contributed by atoms with E-state index in [1.54, 1.807) is 31.7 Å². The minimum absolute atomic E-state index is 0.317. The fourth-order valence-corrected chi connectivity index (χ4v) is 4.50. The molecular weight excluding hydrogens is 278 g/mol. The summed E-state index contributed by atoms with van der Waals surface area (Å²) < 4.78 is 25.9. The van der Waals surface area contributed by atoms with Gasteiger partial charge in [-0.1, -0.05) is 6.08 Å². The summed E-state index contributed by atoms with van der Waals surface area (Å²) in [5.74, 6) is 0. The number of sulfonamides is 1. The fourth-order valence-electron chi connectivity index (χ4n) is 2.37. The number of hydrogen-bond acceptors (Lipinski definition) is 3. The predicted molar refractivity (Wildman–Crippen MR) is 82.5 cm³/mol. The van der Waals surface area contributed by atoms with Crippen molar-refractivity contribution < 1.29 is 8.42 Å². The van der Waals surface area contributed by atoms with Crippen LogP contribution in [0.3, 0.4) is 0 Å². The molecule has 0 saturated heterocycles. The van der Waals surface area contributed by atoms with E-state index in [2.05, 4.69) is 12.6 Å². The standard InChI is InChI=1S/C14H19NO2S2/c1-5-8-15-13-7-6-12(18-4)9-11(13)10-14(2,3)19(15,16)17/h5-7,9H,1,8,10H2,2-4H3. The second-order valence-corrected chi connectivity index (χ2v) is 8.63. The van der Waals surface area contributed by atoms with Gasteiger partial charge in [-0.2, -0.15) is 0 Å². The number of fused-ring (bicyclic) bond motifs is 1. The minimum atomic E-state index is -3.34. The molecule has 0 spiro atoms. The molecular formula is C14H19NO2S2. The zero-order valence-corrected chi connectivity index (χ0v) is 13.1. The zero-order valence-electron chi connectivity index (χ0n) is 11.5. The molecule has 1 aromatic carbocycles. The van der Waals surface area contributed by atoms with Crippen molar-refractivity contribution in [3.63, 3.8) is 0 Å². The van der Waals surface area contributed by atoms with Gasteiger partial charge in [0.15, 0.2) is 0 Å². The van der Waals surface area contributed by atoms with Gasteiger partial charge < -0.3 is 0 Å². The van der Waals surface area contributed by atoms with E-state index in [9.17, 15) is 8.42 Å². The highest BCUT2D eigenvalue weighted by Gasteiger charge is 2.44. The van der Waals surface area contributed by atoms with E-state index in [1.807, 2.05) is 18.4 Å². The molecule has 0 N–H and O–H groups in total. The second-order valence-electron chi connectivity index (χ2n) is 5.26. The molecule has 1 aliphatic heterocycles. The van der Waals surface area contributed by atoms with Gasteiger partial charge in [-0.3, -0.25) is 4.31 Å². The Kier molecular flexibility index (Phi) is 3.71. The van der Waals surface area contributed by atoms with Crippen molar-refractivity contribution in [3.05, 3.63) is 36.4 Å². The summed E-state index contributed by atoms with van der Waals surface area (Å²) in [6.45, 7) is 7.55. The Morgan fingerprint density at radius 1 is 1.47 bits per heavy atom. The van der Waals surface area contributed by atoms with Crippen molar-refractivity contribution in [2.75, 3.05) is 17.1 Å². The molecule has 0 aromatic heterocycles. The summed E-state index contributed by atoms with van der Waals surface area (Å²) in [6.07, 6.45) is 4.20. The minimum Gasteiger partial charge on any atom is -0.266 e. The van der Waals surface area contributed by atoms with E-state index in [4.69, 9.17) is 0 Å². The molecule has 0 atom stereocenters. The molecule has 3 nitrogen and oxygen atoms in total. The molecule has 0 bridgehead atoms. The molecule has 0 radical (unpaired) electrons. The van der Waals surface area contributed by atoms with E-state index >= 15 is 0 Å². The lowest BCUT2D eigenvalue weighted by molar-refractivity contribution is 0.534. The van der Waals surface area contributed by atoms with Crippen LogP contribution in [0.2, 0.25) is 0 Å². The van der Waals surface area contributed by atoms with E-state index in [0.717, 1.165) is 16.1 Å². The summed E-state index contributed by atoms with van der Waals surface area (Å²) in [4.78, 5) is 1.16. The normalized spacial score (nSPS) is 19.8. The third-order valence-corrected chi connectivity index (χ3v) is 6.65. The first kappa shape index (κ1) is 14.5. The maximum atomic E-state index is 12.6. The third kappa shape index (κ3) is 2.30. The molecule has 1 heterocycles. The van der Waals surface area contributed by atoms with Crippen LogP contribution in [0.15, 0.2) is 35.7 Å². The Morgan fingerprint density at radius 3 is 2.74 bits per heavy atom. The third-order valence-electron chi connectivity index (χ3n) is 3.45. The van der Waals surface area contributed by atoms with Gasteiger partial charge in [-0.05, 0) is 50.3 Å². The van der Waals surface area contributed by atoms with Gasteiger partial charge >= 0.3 is 0 Å². The van der Waals surface area contributed by atoms with Crippen LogP contribution < -0.4 is 4.31 Å². The predicted octanol–water partition coefficient (Wildman–Crippen LogP) is 3.07. The summed E-state index contributed by atoms with van der Waals surface area (Å²) in [5, 5.41) is 0. The van der Waals surface area contributed by atoms with Crippen LogP contribution in [-0.2, 0) is 16.4 Å². The highest BCUT2D eigenvalue weighted by Crippen LogP contribution is 2.39.